The monoisotopic (exact) mass is 277 g/mol. The van der Waals surface area contributed by atoms with Crippen LogP contribution in [0.1, 0.15) is 43.9 Å². The molecule has 0 saturated carbocycles. The maximum absolute atomic E-state index is 11.6. The largest absolute Gasteiger partial charge is 0.484 e. The molecule has 1 aromatic rings. The molecule has 0 heterocycles. The van der Waals surface area contributed by atoms with Gasteiger partial charge < -0.3 is 15.2 Å². The number of aliphatic hydroxyl groups is 1. The second kappa shape index (κ2) is 6.75. The molecule has 4 heteroatoms. The van der Waals surface area contributed by atoms with Crippen LogP contribution in [0.4, 0.5) is 0 Å². The molecule has 0 aromatic heterocycles. The van der Waals surface area contributed by atoms with Crippen molar-refractivity contribution in [2.75, 3.05) is 13.2 Å². The predicted molar refractivity (Wildman–Crippen MR) is 77.7 cm³/mol. The van der Waals surface area contributed by atoms with Crippen LogP contribution in [-0.2, 0) is 11.2 Å². The number of aliphatic hydroxyl groups excluding tert-OH is 1. The average Bonchev–Trinajstić information content (AvgIpc) is 2.43. The van der Waals surface area contributed by atoms with Crippen molar-refractivity contribution in [3.63, 3.8) is 0 Å². The van der Waals surface area contributed by atoms with Crippen LogP contribution in [0, 0.1) is 5.92 Å². The van der Waals surface area contributed by atoms with Crippen molar-refractivity contribution in [2.45, 2.75) is 39.2 Å². The third-order valence-electron chi connectivity index (χ3n) is 3.48. The predicted octanol–water partition coefficient (Wildman–Crippen LogP) is 2.21. The van der Waals surface area contributed by atoms with E-state index in [1.165, 1.54) is 5.56 Å². The molecule has 0 radical (unpaired) electrons. The zero-order valence-corrected chi connectivity index (χ0v) is 12.2. The number of benzene rings is 1. The molecular weight excluding hydrogens is 254 g/mol. The minimum Gasteiger partial charge on any atom is -0.484 e. The first kappa shape index (κ1) is 14.9. The normalized spacial score (nSPS) is 17.7. The smallest absolute Gasteiger partial charge is 0.257 e. The minimum absolute atomic E-state index is 0.0155. The van der Waals surface area contributed by atoms with Gasteiger partial charge in [0.05, 0.1) is 6.10 Å². The van der Waals surface area contributed by atoms with Gasteiger partial charge in [0, 0.05) is 6.54 Å². The summed E-state index contributed by atoms with van der Waals surface area (Å²) in [5.74, 6) is 0.958. The first-order valence-corrected chi connectivity index (χ1v) is 7.26. The molecule has 0 saturated heterocycles. The number of amides is 1. The van der Waals surface area contributed by atoms with E-state index in [2.05, 4.69) is 5.32 Å². The van der Waals surface area contributed by atoms with Gasteiger partial charge in [-0.3, -0.25) is 4.79 Å². The van der Waals surface area contributed by atoms with Gasteiger partial charge in [-0.2, -0.15) is 0 Å². The third kappa shape index (κ3) is 3.97. The molecule has 4 nitrogen and oxygen atoms in total. The summed E-state index contributed by atoms with van der Waals surface area (Å²) in [6.07, 6.45) is 2.41. The van der Waals surface area contributed by atoms with E-state index in [1.807, 2.05) is 32.0 Å². The Balaban J connectivity index is 1.90. The van der Waals surface area contributed by atoms with Gasteiger partial charge in [-0.05, 0) is 48.4 Å². The molecule has 0 aliphatic heterocycles. The fourth-order valence-corrected chi connectivity index (χ4v) is 2.36. The molecule has 1 aliphatic carbocycles. The SMILES string of the molecule is CC(C)CNC(=O)COc1ccc2c(c1)[C@H](O)CCC2. The molecule has 2 rings (SSSR count). The average molecular weight is 277 g/mol. The molecule has 0 spiro atoms. The van der Waals surface area contributed by atoms with Crippen molar-refractivity contribution in [1.29, 1.82) is 0 Å². The summed E-state index contributed by atoms with van der Waals surface area (Å²) in [7, 11) is 0. The van der Waals surface area contributed by atoms with Crippen molar-refractivity contribution in [1.82, 2.24) is 5.32 Å². The number of hydrogen-bond donors (Lipinski definition) is 2. The number of fused-ring (bicyclic) bond motifs is 1. The molecule has 0 unspecified atom stereocenters. The van der Waals surface area contributed by atoms with Crippen LogP contribution in [0.25, 0.3) is 0 Å². The molecule has 1 aromatic carbocycles. The fourth-order valence-electron chi connectivity index (χ4n) is 2.36. The van der Waals surface area contributed by atoms with Crippen LogP contribution in [0.3, 0.4) is 0 Å². The summed E-state index contributed by atoms with van der Waals surface area (Å²) >= 11 is 0. The lowest BCUT2D eigenvalue weighted by Crippen LogP contribution is -2.31. The third-order valence-corrected chi connectivity index (χ3v) is 3.48. The van der Waals surface area contributed by atoms with Crippen LogP contribution in [0.5, 0.6) is 5.75 Å². The van der Waals surface area contributed by atoms with Gasteiger partial charge in [0.15, 0.2) is 6.61 Å². The van der Waals surface area contributed by atoms with Gasteiger partial charge in [0.25, 0.3) is 5.91 Å². The van der Waals surface area contributed by atoms with Crippen LogP contribution in [-0.4, -0.2) is 24.2 Å². The van der Waals surface area contributed by atoms with Crippen molar-refractivity contribution in [3.05, 3.63) is 29.3 Å². The Morgan fingerprint density at radius 2 is 2.30 bits per heavy atom. The highest BCUT2D eigenvalue weighted by Gasteiger charge is 2.18. The standard InChI is InChI=1S/C16H23NO3/c1-11(2)9-17-16(19)10-20-13-7-6-12-4-3-5-15(18)14(12)8-13/h6-8,11,15,18H,3-5,9-10H2,1-2H3,(H,17,19)/t15-/m1/s1. The molecule has 2 N–H and O–H groups in total. The molecule has 20 heavy (non-hydrogen) atoms. The maximum Gasteiger partial charge on any atom is 0.257 e. The first-order valence-electron chi connectivity index (χ1n) is 7.26. The Morgan fingerprint density at radius 1 is 1.50 bits per heavy atom. The van der Waals surface area contributed by atoms with E-state index in [9.17, 15) is 9.90 Å². The first-order chi connectivity index (χ1) is 9.56. The minimum atomic E-state index is -0.405. The lowest BCUT2D eigenvalue weighted by Gasteiger charge is -2.21. The number of ether oxygens (including phenoxy) is 1. The van der Waals surface area contributed by atoms with Gasteiger partial charge in [-0.15, -0.1) is 0 Å². The molecular formula is C16H23NO3. The Morgan fingerprint density at radius 3 is 3.05 bits per heavy atom. The zero-order valence-electron chi connectivity index (χ0n) is 12.2. The summed E-state index contributed by atoms with van der Waals surface area (Å²) < 4.78 is 5.49. The molecule has 1 amide bonds. The molecule has 1 atom stereocenters. The lowest BCUT2D eigenvalue weighted by atomic mass is 9.89. The number of aryl methyl sites for hydroxylation is 1. The Bertz CT molecular complexity index is 471. The molecule has 0 bridgehead atoms. The van der Waals surface area contributed by atoms with Gasteiger partial charge >= 0.3 is 0 Å². The summed E-state index contributed by atoms with van der Waals surface area (Å²) in [6.45, 7) is 4.77. The number of hydrogen-bond acceptors (Lipinski definition) is 3. The number of rotatable bonds is 5. The van der Waals surface area contributed by atoms with Gasteiger partial charge in [-0.25, -0.2) is 0 Å². The van der Waals surface area contributed by atoms with Crippen molar-refractivity contribution < 1.29 is 14.6 Å². The van der Waals surface area contributed by atoms with E-state index in [4.69, 9.17) is 4.74 Å². The van der Waals surface area contributed by atoms with Gasteiger partial charge in [-0.1, -0.05) is 19.9 Å². The highest BCUT2D eigenvalue weighted by Crippen LogP contribution is 2.32. The zero-order chi connectivity index (χ0) is 14.5. The van der Waals surface area contributed by atoms with E-state index in [0.29, 0.717) is 18.2 Å². The summed E-state index contributed by atoms with van der Waals surface area (Å²) in [5, 5.41) is 12.8. The Labute approximate surface area is 120 Å². The highest BCUT2D eigenvalue weighted by molar-refractivity contribution is 5.77. The van der Waals surface area contributed by atoms with Crippen molar-refractivity contribution in [3.8, 4) is 5.75 Å². The van der Waals surface area contributed by atoms with Gasteiger partial charge in [0.2, 0.25) is 0 Å². The number of carbonyl (C=O) groups is 1. The summed E-state index contributed by atoms with van der Waals surface area (Å²) in [4.78, 5) is 11.6. The Kier molecular flexibility index (Phi) is 5.01. The maximum atomic E-state index is 11.6. The molecule has 0 fully saturated rings. The van der Waals surface area contributed by atoms with E-state index in [0.717, 1.165) is 24.8 Å². The second-order valence-electron chi connectivity index (χ2n) is 5.76. The lowest BCUT2D eigenvalue weighted by molar-refractivity contribution is -0.123. The highest BCUT2D eigenvalue weighted by atomic mass is 16.5. The van der Waals surface area contributed by atoms with Crippen molar-refractivity contribution in [2.24, 2.45) is 5.92 Å². The van der Waals surface area contributed by atoms with Crippen LogP contribution in [0.2, 0.25) is 0 Å². The number of carbonyl (C=O) groups excluding carboxylic acids is 1. The molecule has 1 aliphatic rings. The van der Waals surface area contributed by atoms with Crippen LogP contribution in [0.15, 0.2) is 18.2 Å². The van der Waals surface area contributed by atoms with E-state index < -0.39 is 6.10 Å². The van der Waals surface area contributed by atoms with E-state index in [1.54, 1.807) is 0 Å². The topological polar surface area (TPSA) is 58.6 Å². The fraction of sp³-hybridized carbons (Fsp3) is 0.562. The van der Waals surface area contributed by atoms with Gasteiger partial charge in [0.1, 0.15) is 5.75 Å². The molecule has 110 valence electrons. The Hall–Kier alpha value is -1.55. The van der Waals surface area contributed by atoms with Crippen LogP contribution < -0.4 is 10.1 Å². The van der Waals surface area contributed by atoms with Crippen molar-refractivity contribution >= 4 is 5.91 Å². The van der Waals surface area contributed by atoms with Crippen LogP contribution >= 0.6 is 0 Å². The summed E-state index contributed by atoms with van der Waals surface area (Å²) in [5.41, 5.74) is 2.12. The summed E-state index contributed by atoms with van der Waals surface area (Å²) in [6, 6.07) is 5.71. The van der Waals surface area contributed by atoms with E-state index in [-0.39, 0.29) is 12.5 Å². The quantitative estimate of drug-likeness (QED) is 0.867. The second-order valence-corrected chi connectivity index (χ2v) is 5.76. The van der Waals surface area contributed by atoms with E-state index >= 15 is 0 Å². The number of nitrogens with one attached hydrogen (secondary N) is 1.